The van der Waals surface area contributed by atoms with Crippen molar-refractivity contribution in [1.29, 1.82) is 0 Å². The Bertz CT molecular complexity index is 326. The molecule has 0 radical (unpaired) electrons. The second-order valence-electron chi connectivity index (χ2n) is 3.70. The van der Waals surface area contributed by atoms with Gasteiger partial charge >= 0.3 is 0 Å². The lowest BCUT2D eigenvalue weighted by Gasteiger charge is -2.22. The van der Waals surface area contributed by atoms with E-state index in [4.69, 9.17) is 10.9 Å². The summed E-state index contributed by atoms with van der Waals surface area (Å²) in [6.07, 6.45) is 0.651. The van der Waals surface area contributed by atoms with Crippen LogP contribution in [-0.2, 0) is 10.2 Å². The Morgan fingerprint density at radius 2 is 2.12 bits per heavy atom. The number of nitrogens with two attached hydrogens (primary N) is 1. The standard InChI is InChI=1S/C8H20N4O3S/c1-4-5-12(6-8(9)10-13)16(14,15)11-7(2)3/h7,11,13H,4-6H2,1-3H3,(H2,9,10). The summed E-state index contributed by atoms with van der Waals surface area (Å²) < 4.78 is 27.2. The fourth-order valence-corrected chi connectivity index (χ4v) is 2.59. The SMILES string of the molecule is CCCN(CC(N)=NO)S(=O)(=O)NC(C)C. The van der Waals surface area contributed by atoms with E-state index in [1.165, 1.54) is 0 Å². The van der Waals surface area contributed by atoms with Crippen molar-refractivity contribution in [3.63, 3.8) is 0 Å². The zero-order valence-corrected chi connectivity index (χ0v) is 10.7. The van der Waals surface area contributed by atoms with Crippen LogP contribution in [0.3, 0.4) is 0 Å². The molecule has 0 saturated carbocycles. The van der Waals surface area contributed by atoms with Crippen molar-refractivity contribution in [3.05, 3.63) is 0 Å². The molecule has 0 bridgehead atoms. The lowest BCUT2D eigenvalue weighted by molar-refractivity contribution is 0.314. The zero-order chi connectivity index (χ0) is 12.8. The van der Waals surface area contributed by atoms with E-state index in [9.17, 15) is 8.42 Å². The second kappa shape index (κ2) is 6.66. The van der Waals surface area contributed by atoms with Gasteiger partial charge < -0.3 is 10.9 Å². The highest BCUT2D eigenvalue weighted by Gasteiger charge is 2.22. The fourth-order valence-electron chi connectivity index (χ4n) is 1.12. The molecule has 7 nitrogen and oxygen atoms in total. The monoisotopic (exact) mass is 252 g/mol. The van der Waals surface area contributed by atoms with E-state index in [1.807, 2.05) is 6.92 Å². The molecule has 0 aliphatic rings. The average molecular weight is 252 g/mol. The molecule has 0 aromatic carbocycles. The van der Waals surface area contributed by atoms with Gasteiger partial charge in [0.25, 0.3) is 10.2 Å². The van der Waals surface area contributed by atoms with E-state index in [1.54, 1.807) is 13.8 Å². The van der Waals surface area contributed by atoms with Crippen LogP contribution in [0.1, 0.15) is 27.2 Å². The molecule has 0 amide bonds. The molecule has 0 aromatic heterocycles. The summed E-state index contributed by atoms with van der Waals surface area (Å²) in [6.45, 7) is 5.51. The number of nitrogens with zero attached hydrogens (tertiary/aromatic N) is 2. The lowest BCUT2D eigenvalue weighted by atomic mass is 10.4. The largest absolute Gasteiger partial charge is 0.409 e. The smallest absolute Gasteiger partial charge is 0.280 e. The molecular formula is C8H20N4O3S. The zero-order valence-electron chi connectivity index (χ0n) is 9.84. The van der Waals surface area contributed by atoms with Gasteiger partial charge in [0.05, 0.1) is 6.54 Å². The summed E-state index contributed by atoms with van der Waals surface area (Å²) in [5, 5.41) is 11.2. The summed E-state index contributed by atoms with van der Waals surface area (Å²) in [6, 6.07) is -0.198. The Morgan fingerprint density at radius 3 is 2.50 bits per heavy atom. The molecule has 0 spiro atoms. The minimum Gasteiger partial charge on any atom is -0.409 e. The number of hydrogen-bond acceptors (Lipinski definition) is 4. The predicted octanol–water partition coefficient (Wildman–Crippen LogP) is -0.312. The van der Waals surface area contributed by atoms with Crippen LogP contribution in [-0.4, -0.2) is 42.9 Å². The number of hydrogen-bond donors (Lipinski definition) is 3. The van der Waals surface area contributed by atoms with Gasteiger partial charge in [0.2, 0.25) is 0 Å². The summed E-state index contributed by atoms with van der Waals surface area (Å²) in [4.78, 5) is 0. The maximum atomic E-state index is 11.8. The first-order valence-corrected chi connectivity index (χ1v) is 6.51. The van der Waals surface area contributed by atoms with Gasteiger partial charge in [0, 0.05) is 12.6 Å². The molecule has 4 N–H and O–H groups in total. The first kappa shape index (κ1) is 15.1. The Kier molecular flexibility index (Phi) is 6.31. The van der Waals surface area contributed by atoms with Crippen molar-refractivity contribution >= 4 is 16.0 Å². The van der Waals surface area contributed by atoms with Crippen molar-refractivity contribution in [1.82, 2.24) is 9.03 Å². The Labute approximate surface area is 96.5 Å². The molecule has 0 heterocycles. The van der Waals surface area contributed by atoms with E-state index >= 15 is 0 Å². The van der Waals surface area contributed by atoms with Crippen LogP contribution in [0, 0.1) is 0 Å². The maximum Gasteiger partial charge on any atom is 0.280 e. The van der Waals surface area contributed by atoms with Crippen molar-refractivity contribution in [2.24, 2.45) is 10.9 Å². The molecule has 16 heavy (non-hydrogen) atoms. The van der Waals surface area contributed by atoms with Crippen molar-refractivity contribution < 1.29 is 13.6 Å². The number of amidine groups is 1. The van der Waals surface area contributed by atoms with Crippen LogP contribution in [0.25, 0.3) is 0 Å². The van der Waals surface area contributed by atoms with E-state index in [0.29, 0.717) is 13.0 Å². The van der Waals surface area contributed by atoms with Crippen LogP contribution < -0.4 is 10.5 Å². The van der Waals surface area contributed by atoms with Gasteiger partial charge in [0.15, 0.2) is 5.84 Å². The minimum absolute atomic E-state index is 0.119. The molecular weight excluding hydrogens is 232 g/mol. The molecule has 0 aliphatic carbocycles. The molecule has 0 fully saturated rings. The Morgan fingerprint density at radius 1 is 1.56 bits per heavy atom. The van der Waals surface area contributed by atoms with Gasteiger partial charge in [-0.3, -0.25) is 0 Å². The summed E-state index contributed by atoms with van der Waals surface area (Å²) in [5.41, 5.74) is 5.30. The van der Waals surface area contributed by atoms with Gasteiger partial charge in [-0.05, 0) is 20.3 Å². The molecule has 0 aromatic rings. The Balaban J connectivity index is 4.76. The van der Waals surface area contributed by atoms with Gasteiger partial charge in [-0.15, -0.1) is 0 Å². The minimum atomic E-state index is -3.58. The highest BCUT2D eigenvalue weighted by atomic mass is 32.2. The molecule has 0 rings (SSSR count). The quantitative estimate of drug-likeness (QED) is 0.250. The third-order valence-corrected chi connectivity index (χ3v) is 3.43. The summed E-state index contributed by atoms with van der Waals surface area (Å²) >= 11 is 0. The normalized spacial score (nSPS) is 13.7. The van der Waals surface area contributed by atoms with Crippen molar-refractivity contribution in [3.8, 4) is 0 Å². The van der Waals surface area contributed by atoms with Gasteiger partial charge in [-0.25, -0.2) is 0 Å². The molecule has 0 atom stereocenters. The number of oxime groups is 1. The summed E-state index contributed by atoms with van der Waals surface area (Å²) in [5.74, 6) is -0.136. The molecule has 0 aliphatic heterocycles. The van der Waals surface area contributed by atoms with E-state index in [-0.39, 0.29) is 18.4 Å². The molecule has 8 heteroatoms. The van der Waals surface area contributed by atoms with Crippen LogP contribution in [0.5, 0.6) is 0 Å². The average Bonchev–Trinajstić information content (AvgIpc) is 2.14. The molecule has 0 saturated heterocycles. The second-order valence-corrected chi connectivity index (χ2v) is 5.40. The molecule has 96 valence electrons. The fraction of sp³-hybridized carbons (Fsp3) is 0.875. The van der Waals surface area contributed by atoms with E-state index < -0.39 is 10.2 Å². The first-order chi connectivity index (χ1) is 7.33. The summed E-state index contributed by atoms with van der Waals surface area (Å²) in [7, 11) is -3.58. The number of rotatable bonds is 7. The van der Waals surface area contributed by atoms with Crippen molar-refractivity contribution in [2.45, 2.75) is 33.2 Å². The maximum absolute atomic E-state index is 11.8. The van der Waals surface area contributed by atoms with Gasteiger partial charge in [0.1, 0.15) is 0 Å². The van der Waals surface area contributed by atoms with Crippen molar-refractivity contribution in [2.75, 3.05) is 13.1 Å². The van der Waals surface area contributed by atoms with E-state index in [0.717, 1.165) is 4.31 Å². The topological polar surface area (TPSA) is 108 Å². The number of nitrogens with one attached hydrogen (secondary N) is 1. The van der Waals surface area contributed by atoms with Crippen LogP contribution >= 0.6 is 0 Å². The third kappa shape index (κ3) is 5.29. The lowest BCUT2D eigenvalue weighted by Crippen LogP contribution is -2.47. The van der Waals surface area contributed by atoms with Crippen LogP contribution in [0.15, 0.2) is 5.16 Å². The van der Waals surface area contributed by atoms with Gasteiger partial charge in [-0.1, -0.05) is 12.1 Å². The predicted molar refractivity (Wildman–Crippen MR) is 62.5 cm³/mol. The first-order valence-electron chi connectivity index (χ1n) is 5.07. The van der Waals surface area contributed by atoms with Gasteiger partial charge in [-0.2, -0.15) is 17.4 Å². The highest BCUT2D eigenvalue weighted by Crippen LogP contribution is 2.01. The Hall–Kier alpha value is -0.860. The molecule has 0 unspecified atom stereocenters. The van der Waals surface area contributed by atoms with Crippen LogP contribution in [0.4, 0.5) is 0 Å². The highest BCUT2D eigenvalue weighted by molar-refractivity contribution is 7.87. The third-order valence-electron chi connectivity index (χ3n) is 1.66. The van der Waals surface area contributed by atoms with E-state index in [2.05, 4.69) is 9.88 Å². The van der Waals surface area contributed by atoms with Crippen LogP contribution in [0.2, 0.25) is 0 Å².